The van der Waals surface area contributed by atoms with Crippen molar-refractivity contribution in [2.24, 2.45) is 0 Å². The summed E-state index contributed by atoms with van der Waals surface area (Å²) in [5.74, 6) is 0.151. The number of unbranched alkanes of at least 4 members (excludes halogenated alkanes) is 2. The number of anilines is 1. The highest BCUT2D eigenvalue weighted by molar-refractivity contribution is 7.44. The maximum atomic E-state index is 13.2. The number of carbonyl (C=O) groups is 1. The quantitative estimate of drug-likeness (QED) is 0.0464. The van der Waals surface area contributed by atoms with Gasteiger partial charge in [-0.1, -0.05) is 93.1 Å². The van der Waals surface area contributed by atoms with E-state index >= 15 is 0 Å². The van der Waals surface area contributed by atoms with E-state index in [1.165, 1.54) is 55.5 Å². The number of carbonyl (C=O) groups excluding carboxylic acids is 1. The standard InChI is InChI=1S/C55H70N5O3P/c1-39(2)60(40(3)4)64(62-38-20-36-56)63-44-32-30-43(31-33-44)57-51(61)27-14-11-19-37-59-48-35-29-42-22-16-18-24-46(42)53(48)55(7,8)50(59)26-13-10-12-25-49-54(5,6)52-45-23-17-15-21-41(45)28-34-47(52)58(49)9/h10,12-13,15-18,21-26,28-29,34-35,39-40,43-44H,11,14,19-20,27,30-33,37-38H2,1-9H3/p+1. The van der Waals surface area contributed by atoms with E-state index in [4.69, 9.17) is 14.3 Å². The van der Waals surface area contributed by atoms with Crippen molar-refractivity contribution in [3.8, 4) is 6.07 Å². The molecule has 2 aliphatic heterocycles. The molecule has 1 aliphatic carbocycles. The third-order valence-corrected chi connectivity index (χ3v) is 15.8. The van der Waals surface area contributed by atoms with E-state index in [1.807, 2.05) is 0 Å². The second kappa shape index (κ2) is 20.7. The third kappa shape index (κ3) is 10.1. The Bertz CT molecular complexity index is 2460. The summed E-state index contributed by atoms with van der Waals surface area (Å²) in [4.78, 5) is 15.7. The zero-order chi connectivity index (χ0) is 45.6. The van der Waals surface area contributed by atoms with Gasteiger partial charge >= 0.3 is 0 Å². The van der Waals surface area contributed by atoms with Crippen LogP contribution in [0, 0.1) is 11.3 Å². The minimum atomic E-state index is -1.26. The zero-order valence-corrected chi connectivity index (χ0v) is 40.8. The van der Waals surface area contributed by atoms with Gasteiger partial charge in [-0.3, -0.25) is 4.79 Å². The molecular formula is C55H71N5O3P+. The molecule has 64 heavy (non-hydrogen) atoms. The fourth-order valence-corrected chi connectivity index (χ4v) is 12.4. The van der Waals surface area contributed by atoms with Gasteiger partial charge < -0.3 is 19.3 Å². The summed E-state index contributed by atoms with van der Waals surface area (Å²) in [7, 11) is 0.929. The maximum Gasteiger partial charge on any atom is 0.259 e. The molecule has 2 heterocycles. The lowest BCUT2D eigenvalue weighted by Crippen LogP contribution is -2.39. The normalized spacial score (nSPS) is 20.4. The third-order valence-electron chi connectivity index (χ3n) is 13.6. The van der Waals surface area contributed by atoms with E-state index in [0.29, 0.717) is 19.4 Å². The van der Waals surface area contributed by atoms with E-state index in [2.05, 4.69) is 191 Å². The predicted octanol–water partition coefficient (Wildman–Crippen LogP) is 13.1. The molecule has 1 amide bonds. The Morgan fingerprint density at radius 1 is 0.859 bits per heavy atom. The van der Waals surface area contributed by atoms with Crippen LogP contribution < -0.4 is 10.2 Å². The molecule has 0 aromatic heterocycles. The van der Waals surface area contributed by atoms with E-state index in [-0.39, 0.29) is 41.0 Å². The number of fused-ring (bicyclic) bond motifs is 6. The Labute approximate surface area is 384 Å². The molecule has 338 valence electrons. The van der Waals surface area contributed by atoms with Gasteiger partial charge in [0.2, 0.25) is 11.6 Å². The van der Waals surface area contributed by atoms with Crippen molar-refractivity contribution < 1.29 is 18.4 Å². The number of nitrogens with one attached hydrogen (secondary N) is 1. The van der Waals surface area contributed by atoms with Crippen LogP contribution in [0.3, 0.4) is 0 Å². The average molecular weight is 881 g/mol. The molecule has 8 nitrogen and oxygen atoms in total. The SMILES string of the molecule is CC(C)N(C(C)C)P(OCCC#N)OC1CCC(NC(=O)CCCCCN2C(=CC=CC=CC3=[N+](C)c4ccc5ccccc5c4C3(C)C)C(C)(C)c3c2ccc2ccccc32)CC1. The van der Waals surface area contributed by atoms with E-state index < -0.39 is 8.53 Å². The van der Waals surface area contributed by atoms with Crippen molar-refractivity contribution in [2.75, 3.05) is 25.1 Å². The van der Waals surface area contributed by atoms with Crippen LogP contribution in [0.1, 0.15) is 124 Å². The lowest BCUT2D eigenvalue weighted by Gasteiger charge is -2.38. The van der Waals surface area contributed by atoms with Crippen LogP contribution in [0.15, 0.2) is 109 Å². The monoisotopic (exact) mass is 881 g/mol. The number of hydrogen-bond donors (Lipinski definition) is 1. The smallest absolute Gasteiger partial charge is 0.259 e. The number of amides is 1. The Balaban J connectivity index is 0.953. The van der Waals surface area contributed by atoms with Crippen LogP contribution in [0.4, 0.5) is 11.4 Å². The number of hydrogen-bond acceptors (Lipinski definition) is 6. The van der Waals surface area contributed by atoms with E-state index in [9.17, 15) is 4.79 Å². The summed E-state index contributed by atoms with van der Waals surface area (Å²) < 4.78 is 17.4. The predicted molar refractivity (Wildman–Crippen MR) is 267 cm³/mol. The number of allylic oxidation sites excluding steroid dienone is 6. The Morgan fingerprint density at radius 2 is 1.52 bits per heavy atom. The first-order valence-electron chi connectivity index (χ1n) is 23.8. The maximum absolute atomic E-state index is 13.2. The highest BCUT2D eigenvalue weighted by Crippen LogP contribution is 2.51. The van der Waals surface area contributed by atoms with E-state index in [1.54, 1.807) is 0 Å². The largest absolute Gasteiger partial charge is 0.353 e. The number of rotatable bonds is 18. The van der Waals surface area contributed by atoms with Crippen LogP contribution in [0.5, 0.6) is 0 Å². The lowest BCUT2D eigenvalue weighted by molar-refractivity contribution is -0.401. The number of benzene rings is 4. The molecule has 1 atom stereocenters. The number of nitriles is 1. The van der Waals surface area contributed by atoms with Gasteiger partial charge in [0.1, 0.15) is 7.05 Å². The Morgan fingerprint density at radius 3 is 2.19 bits per heavy atom. The van der Waals surface area contributed by atoms with Crippen molar-refractivity contribution in [3.63, 3.8) is 0 Å². The van der Waals surface area contributed by atoms with Crippen LogP contribution >= 0.6 is 8.53 Å². The van der Waals surface area contributed by atoms with Gasteiger partial charge in [-0.15, -0.1) is 0 Å². The first-order chi connectivity index (χ1) is 30.7. The van der Waals surface area contributed by atoms with Crippen LogP contribution in [0.25, 0.3) is 21.5 Å². The highest BCUT2D eigenvalue weighted by Gasteiger charge is 2.44. The van der Waals surface area contributed by atoms with Crippen molar-refractivity contribution >= 4 is 53.1 Å². The minimum absolute atomic E-state index is 0.0937. The summed E-state index contributed by atoms with van der Waals surface area (Å²) in [6.45, 7) is 19.3. The van der Waals surface area contributed by atoms with Gasteiger partial charge in [-0.25, -0.2) is 4.67 Å². The summed E-state index contributed by atoms with van der Waals surface area (Å²) in [5, 5.41) is 17.6. The second-order valence-electron chi connectivity index (χ2n) is 19.5. The van der Waals surface area contributed by atoms with Gasteiger partial charge in [0.15, 0.2) is 5.71 Å². The molecule has 7 rings (SSSR count). The summed E-state index contributed by atoms with van der Waals surface area (Å²) in [6, 6.07) is 29.5. The van der Waals surface area contributed by atoms with Gasteiger partial charge in [0.25, 0.3) is 8.53 Å². The minimum Gasteiger partial charge on any atom is -0.353 e. The summed E-state index contributed by atoms with van der Waals surface area (Å²) >= 11 is 0. The summed E-state index contributed by atoms with van der Waals surface area (Å²) in [6.07, 6.45) is 18.6. The molecule has 0 saturated heterocycles. The highest BCUT2D eigenvalue weighted by atomic mass is 31.2. The van der Waals surface area contributed by atoms with Gasteiger partial charge in [-0.2, -0.15) is 9.84 Å². The van der Waals surface area contributed by atoms with Crippen LogP contribution in [-0.2, 0) is 24.7 Å². The molecule has 1 fully saturated rings. The van der Waals surface area contributed by atoms with Crippen LogP contribution in [0.2, 0.25) is 0 Å². The van der Waals surface area contributed by atoms with Crippen LogP contribution in [-0.4, -0.2) is 65.3 Å². The molecular weight excluding hydrogens is 810 g/mol. The molecule has 3 aliphatic rings. The van der Waals surface area contributed by atoms with Crippen molar-refractivity contribution in [1.29, 1.82) is 5.26 Å². The Hall–Kier alpha value is -4.64. The first kappa shape index (κ1) is 47.3. The van der Waals surface area contributed by atoms with Gasteiger partial charge in [0.05, 0.1) is 30.6 Å². The molecule has 0 radical (unpaired) electrons. The molecule has 1 N–H and O–H groups in total. The first-order valence-corrected chi connectivity index (χ1v) is 24.9. The molecule has 4 aromatic carbocycles. The Kier molecular flexibility index (Phi) is 15.3. The average Bonchev–Trinajstić information content (AvgIpc) is 3.61. The molecule has 9 heteroatoms. The van der Waals surface area contributed by atoms with Crippen molar-refractivity contribution in [1.82, 2.24) is 9.99 Å². The molecule has 0 spiro atoms. The van der Waals surface area contributed by atoms with Crippen molar-refractivity contribution in [2.45, 2.75) is 148 Å². The van der Waals surface area contributed by atoms with Crippen molar-refractivity contribution in [3.05, 3.63) is 120 Å². The topological polar surface area (TPSA) is 80.8 Å². The fraction of sp³-hybridized carbons (Fsp3) is 0.473. The molecule has 4 aromatic rings. The zero-order valence-electron chi connectivity index (χ0n) is 39.9. The number of nitrogens with zero attached hydrogens (tertiary/aromatic N) is 4. The van der Waals surface area contributed by atoms with Gasteiger partial charge in [-0.05, 0) is 125 Å². The summed E-state index contributed by atoms with van der Waals surface area (Å²) in [5.41, 5.74) is 7.61. The second-order valence-corrected chi connectivity index (χ2v) is 20.9. The lowest BCUT2D eigenvalue weighted by atomic mass is 9.79. The molecule has 0 bridgehead atoms. The molecule has 1 unspecified atom stereocenters. The molecule has 1 saturated carbocycles. The fourth-order valence-electron chi connectivity index (χ4n) is 10.6. The van der Waals surface area contributed by atoms with Gasteiger partial charge in [0, 0.05) is 65.6 Å². The van der Waals surface area contributed by atoms with E-state index in [0.717, 1.165) is 51.5 Å².